The first kappa shape index (κ1) is 7.14. The Hall–Kier alpha value is -1.53. The molecule has 2 N–H and O–H groups in total. The van der Waals surface area contributed by atoms with Gasteiger partial charge in [-0.15, -0.1) is 0 Å². The van der Waals surface area contributed by atoms with E-state index in [4.69, 9.17) is 15.7 Å². The number of hydrogen-bond donors (Lipinski definition) is 1. The van der Waals surface area contributed by atoms with Crippen molar-refractivity contribution < 1.29 is 4.74 Å². The molecule has 12 heavy (non-hydrogen) atoms. The van der Waals surface area contributed by atoms with Crippen LogP contribution in [-0.2, 0) is 0 Å². The lowest BCUT2D eigenvalue weighted by atomic mass is 10.1. The zero-order valence-corrected chi connectivity index (χ0v) is 6.45. The third-order valence-electron chi connectivity index (χ3n) is 1.96. The molecule has 1 aromatic carbocycles. The molecule has 1 atom stereocenters. The van der Waals surface area contributed by atoms with Crippen molar-refractivity contribution in [1.29, 1.82) is 5.26 Å². The van der Waals surface area contributed by atoms with Crippen LogP contribution in [0.2, 0.25) is 0 Å². The summed E-state index contributed by atoms with van der Waals surface area (Å²) in [6.45, 7) is 0.518. The highest BCUT2D eigenvalue weighted by atomic mass is 16.5. The molecule has 0 aliphatic carbocycles. The molecule has 2 rings (SSSR count). The highest BCUT2D eigenvalue weighted by Crippen LogP contribution is 2.30. The quantitative estimate of drug-likeness (QED) is 0.614. The Morgan fingerprint density at radius 3 is 3.17 bits per heavy atom. The van der Waals surface area contributed by atoms with Crippen LogP contribution in [0.5, 0.6) is 5.75 Å². The first-order chi connectivity index (χ1) is 5.81. The first-order valence-electron chi connectivity index (χ1n) is 3.73. The van der Waals surface area contributed by atoms with Crippen molar-refractivity contribution in [1.82, 2.24) is 0 Å². The summed E-state index contributed by atoms with van der Waals surface area (Å²) in [6, 6.07) is 7.30. The Labute approximate surface area is 70.4 Å². The van der Waals surface area contributed by atoms with Crippen LogP contribution in [0.1, 0.15) is 17.2 Å². The molecule has 0 aromatic heterocycles. The van der Waals surface area contributed by atoms with E-state index < -0.39 is 0 Å². The predicted octanol–water partition coefficient (Wildman–Crippen LogP) is 0.950. The number of ether oxygens (including phenoxy) is 1. The normalized spacial score (nSPS) is 19.5. The van der Waals surface area contributed by atoms with Crippen LogP contribution in [-0.4, -0.2) is 6.61 Å². The van der Waals surface area contributed by atoms with Crippen molar-refractivity contribution in [2.45, 2.75) is 6.04 Å². The molecule has 0 saturated heterocycles. The standard InChI is InChI=1S/C9H8N2O/c10-4-6-1-2-9-7(3-6)8(11)5-12-9/h1-3,8H,5,11H2/t8-/m1/s1. The maximum absolute atomic E-state index is 8.62. The number of rotatable bonds is 0. The monoisotopic (exact) mass is 160 g/mol. The van der Waals surface area contributed by atoms with Crippen LogP contribution in [0.15, 0.2) is 18.2 Å². The summed E-state index contributed by atoms with van der Waals surface area (Å²) in [6.07, 6.45) is 0. The lowest BCUT2D eigenvalue weighted by Gasteiger charge is -1.99. The third kappa shape index (κ3) is 0.936. The summed E-state index contributed by atoms with van der Waals surface area (Å²) in [4.78, 5) is 0. The zero-order chi connectivity index (χ0) is 8.55. The Balaban J connectivity index is 2.52. The van der Waals surface area contributed by atoms with Gasteiger partial charge in [0, 0.05) is 5.56 Å². The first-order valence-corrected chi connectivity index (χ1v) is 3.73. The van der Waals surface area contributed by atoms with Crippen LogP contribution in [0.4, 0.5) is 0 Å². The maximum Gasteiger partial charge on any atom is 0.124 e. The van der Waals surface area contributed by atoms with Crippen molar-refractivity contribution in [2.75, 3.05) is 6.61 Å². The minimum Gasteiger partial charge on any atom is -0.491 e. The highest BCUT2D eigenvalue weighted by molar-refractivity contribution is 5.45. The Morgan fingerprint density at radius 1 is 1.58 bits per heavy atom. The van der Waals surface area contributed by atoms with Gasteiger partial charge in [0.15, 0.2) is 0 Å². The number of nitrogens with two attached hydrogens (primary N) is 1. The van der Waals surface area contributed by atoms with Gasteiger partial charge in [0.05, 0.1) is 17.7 Å². The number of nitrogens with zero attached hydrogens (tertiary/aromatic N) is 1. The van der Waals surface area contributed by atoms with Crippen LogP contribution in [0.25, 0.3) is 0 Å². The molecule has 1 aliphatic heterocycles. The fourth-order valence-electron chi connectivity index (χ4n) is 1.31. The average molecular weight is 160 g/mol. The molecule has 3 nitrogen and oxygen atoms in total. The van der Waals surface area contributed by atoms with Crippen LogP contribution in [0.3, 0.4) is 0 Å². The molecule has 0 radical (unpaired) electrons. The lowest BCUT2D eigenvalue weighted by Crippen LogP contribution is -2.10. The van der Waals surface area contributed by atoms with E-state index in [0.717, 1.165) is 11.3 Å². The molecule has 0 bridgehead atoms. The van der Waals surface area contributed by atoms with E-state index in [0.29, 0.717) is 12.2 Å². The van der Waals surface area contributed by atoms with Crippen molar-refractivity contribution >= 4 is 0 Å². The SMILES string of the molecule is N#Cc1ccc2c(c1)[C@H](N)CO2. The molecule has 0 spiro atoms. The maximum atomic E-state index is 8.62. The zero-order valence-electron chi connectivity index (χ0n) is 6.45. The molecule has 60 valence electrons. The molecule has 3 heteroatoms. The molecule has 1 heterocycles. The van der Waals surface area contributed by atoms with E-state index in [1.165, 1.54) is 0 Å². The minimum absolute atomic E-state index is 0.0756. The molecule has 0 amide bonds. The van der Waals surface area contributed by atoms with E-state index in [2.05, 4.69) is 6.07 Å². The predicted molar refractivity (Wildman–Crippen MR) is 43.6 cm³/mol. The fraction of sp³-hybridized carbons (Fsp3) is 0.222. The minimum atomic E-state index is -0.0756. The number of benzene rings is 1. The van der Waals surface area contributed by atoms with Gasteiger partial charge in [-0.25, -0.2) is 0 Å². The van der Waals surface area contributed by atoms with Crippen LogP contribution >= 0.6 is 0 Å². The van der Waals surface area contributed by atoms with E-state index in [9.17, 15) is 0 Å². The van der Waals surface area contributed by atoms with Crippen molar-refractivity contribution in [2.24, 2.45) is 5.73 Å². The molecule has 1 aliphatic rings. The van der Waals surface area contributed by atoms with E-state index >= 15 is 0 Å². The second-order valence-electron chi connectivity index (χ2n) is 2.78. The number of nitriles is 1. The van der Waals surface area contributed by atoms with Gasteiger partial charge in [-0.1, -0.05) is 0 Å². The van der Waals surface area contributed by atoms with Crippen LogP contribution < -0.4 is 10.5 Å². The van der Waals surface area contributed by atoms with Gasteiger partial charge in [0.25, 0.3) is 0 Å². The van der Waals surface area contributed by atoms with Crippen molar-refractivity contribution in [3.8, 4) is 11.8 Å². The lowest BCUT2D eigenvalue weighted by molar-refractivity contribution is 0.333. The Kier molecular flexibility index (Phi) is 1.49. The van der Waals surface area contributed by atoms with Gasteiger partial charge in [0.2, 0.25) is 0 Å². The smallest absolute Gasteiger partial charge is 0.124 e. The number of hydrogen-bond acceptors (Lipinski definition) is 3. The summed E-state index contributed by atoms with van der Waals surface area (Å²) < 4.78 is 5.28. The van der Waals surface area contributed by atoms with Crippen molar-refractivity contribution in [3.63, 3.8) is 0 Å². The second-order valence-corrected chi connectivity index (χ2v) is 2.78. The topological polar surface area (TPSA) is 59.0 Å². The largest absolute Gasteiger partial charge is 0.491 e. The van der Waals surface area contributed by atoms with E-state index in [1.54, 1.807) is 18.2 Å². The summed E-state index contributed by atoms with van der Waals surface area (Å²) in [5.74, 6) is 0.807. The summed E-state index contributed by atoms with van der Waals surface area (Å²) >= 11 is 0. The Morgan fingerprint density at radius 2 is 2.42 bits per heavy atom. The van der Waals surface area contributed by atoms with Gasteiger partial charge < -0.3 is 10.5 Å². The summed E-state index contributed by atoms with van der Waals surface area (Å²) in [5, 5.41) is 8.62. The molecular weight excluding hydrogens is 152 g/mol. The molecule has 0 unspecified atom stereocenters. The second kappa shape index (κ2) is 2.50. The third-order valence-corrected chi connectivity index (χ3v) is 1.96. The van der Waals surface area contributed by atoms with Gasteiger partial charge >= 0.3 is 0 Å². The molecule has 0 fully saturated rings. The summed E-state index contributed by atoms with van der Waals surface area (Å²) in [7, 11) is 0. The van der Waals surface area contributed by atoms with Crippen LogP contribution in [0, 0.1) is 11.3 Å². The fourth-order valence-corrected chi connectivity index (χ4v) is 1.31. The Bertz CT molecular complexity index is 354. The molecule has 1 aromatic rings. The molecular formula is C9H8N2O. The van der Waals surface area contributed by atoms with E-state index in [-0.39, 0.29) is 6.04 Å². The average Bonchev–Trinajstić information content (AvgIpc) is 2.47. The highest BCUT2D eigenvalue weighted by Gasteiger charge is 2.20. The molecule has 0 saturated carbocycles. The van der Waals surface area contributed by atoms with Gasteiger partial charge in [-0.05, 0) is 18.2 Å². The van der Waals surface area contributed by atoms with Gasteiger partial charge in [-0.2, -0.15) is 5.26 Å². The summed E-state index contributed by atoms with van der Waals surface area (Å²) in [5.41, 5.74) is 7.31. The number of fused-ring (bicyclic) bond motifs is 1. The van der Waals surface area contributed by atoms with E-state index in [1.807, 2.05) is 0 Å². The van der Waals surface area contributed by atoms with Gasteiger partial charge in [-0.3, -0.25) is 0 Å². The van der Waals surface area contributed by atoms with Crippen molar-refractivity contribution in [3.05, 3.63) is 29.3 Å². The van der Waals surface area contributed by atoms with Gasteiger partial charge in [0.1, 0.15) is 12.4 Å².